The van der Waals surface area contributed by atoms with Crippen molar-refractivity contribution in [3.8, 4) is 6.07 Å². The Morgan fingerprint density at radius 3 is 2.74 bits per heavy atom. The fourth-order valence-corrected chi connectivity index (χ4v) is 3.11. The third kappa shape index (κ3) is 4.22. The van der Waals surface area contributed by atoms with E-state index in [1.54, 1.807) is 6.07 Å². The number of nitrogens with one attached hydrogen (secondary N) is 1. The first kappa shape index (κ1) is 15.8. The Bertz CT molecular complexity index is 688. The predicted octanol–water partition coefficient (Wildman–Crippen LogP) is 3.68. The number of aromatic nitrogens is 1. The third-order valence-electron chi connectivity index (χ3n) is 4.16. The van der Waals surface area contributed by atoms with Crippen molar-refractivity contribution < 1.29 is 0 Å². The summed E-state index contributed by atoms with van der Waals surface area (Å²) in [4.78, 5) is 6.82. The Kier molecular flexibility index (Phi) is 5.12. The van der Waals surface area contributed by atoms with E-state index in [1.165, 1.54) is 0 Å². The topological polar surface area (TPSA) is 52.0 Å². The Labute approximate surface area is 141 Å². The van der Waals surface area contributed by atoms with Crippen LogP contribution in [0.3, 0.4) is 0 Å². The SMILES string of the molecule is N#Cc1ccc(NC2CCN(Cc3ccccn3)CC2)cc1Cl. The molecule has 0 aliphatic carbocycles. The molecule has 4 nitrogen and oxygen atoms in total. The van der Waals surface area contributed by atoms with E-state index in [0.29, 0.717) is 16.6 Å². The highest BCUT2D eigenvalue weighted by Gasteiger charge is 2.19. The van der Waals surface area contributed by atoms with Crippen molar-refractivity contribution in [3.63, 3.8) is 0 Å². The monoisotopic (exact) mass is 326 g/mol. The maximum Gasteiger partial charge on any atom is 0.101 e. The fraction of sp³-hybridized carbons (Fsp3) is 0.333. The molecule has 1 aliphatic rings. The van der Waals surface area contributed by atoms with Gasteiger partial charge in [-0.25, -0.2) is 0 Å². The van der Waals surface area contributed by atoms with Crippen LogP contribution in [-0.4, -0.2) is 29.0 Å². The first-order valence-electron chi connectivity index (χ1n) is 7.83. The molecule has 0 saturated carbocycles. The fourth-order valence-electron chi connectivity index (χ4n) is 2.89. The van der Waals surface area contributed by atoms with Gasteiger partial charge in [0.05, 0.1) is 16.3 Å². The number of rotatable bonds is 4. The minimum atomic E-state index is 0.444. The average molecular weight is 327 g/mol. The number of likely N-dealkylation sites (tertiary alicyclic amines) is 1. The summed E-state index contributed by atoms with van der Waals surface area (Å²) in [6.45, 7) is 3.02. The zero-order chi connectivity index (χ0) is 16.1. The highest BCUT2D eigenvalue weighted by Crippen LogP contribution is 2.23. The Morgan fingerprint density at radius 1 is 1.26 bits per heavy atom. The number of benzene rings is 1. The van der Waals surface area contributed by atoms with Crippen LogP contribution in [0.25, 0.3) is 0 Å². The molecule has 1 N–H and O–H groups in total. The van der Waals surface area contributed by atoms with E-state index in [0.717, 1.165) is 43.9 Å². The van der Waals surface area contributed by atoms with Crippen LogP contribution in [0.5, 0.6) is 0 Å². The van der Waals surface area contributed by atoms with Gasteiger partial charge in [-0.05, 0) is 43.2 Å². The second-order valence-electron chi connectivity index (χ2n) is 5.82. The third-order valence-corrected chi connectivity index (χ3v) is 4.47. The molecule has 2 aromatic rings. The molecule has 2 heterocycles. The second kappa shape index (κ2) is 7.45. The summed E-state index contributed by atoms with van der Waals surface area (Å²) in [6, 6.07) is 14.1. The van der Waals surface area contributed by atoms with Gasteiger partial charge in [0.2, 0.25) is 0 Å². The lowest BCUT2D eigenvalue weighted by molar-refractivity contribution is 0.209. The van der Waals surface area contributed by atoms with Gasteiger partial charge in [0.15, 0.2) is 0 Å². The molecule has 0 amide bonds. The molecular weight excluding hydrogens is 308 g/mol. The number of pyridine rings is 1. The summed E-state index contributed by atoms with van der Waals surface area (Å²) in [6.07, 6.45) is 4.02. The van der Waals surface area contributed by atoms with E-state index in [4.69, 9.17) is 16.9 Å². The van der Waals surface area contributed by atoms with Crippen LogP contribution in [0.4, 0.5) is 5.69 Å². The molecule has 1 aromatic carbocycles. The van der Waals surface area contributed by atoms with Crippen LogP contribution in [0.2, 0.25) is 5.02 Å². The largest absolute Gasteiger partial charge is 0.382 e. The summed E-state index contributed by atoms with van der Waals surface area (Å²) in [5, 5.41) is 12.9. The van der Waals surface area contributed by atoms with Crippen molar-refractivity contribution in [1.82, 2.24) is 9.88 Å². The number of nitriles is 1. The molecule has 1 fully saturated rings. The molecule has 0 unspecified atom stereocenters. The maximum absolute atomic E-state index is 8.92. The van der Waals surface area contributed by atoms with Crippen molar-refractivity contribution in [3.05, 3.63) is 58.9 Å². The zero-order valence-electron chi connectivity index (χ0n) is 12.9. The van der Waals surface area contributed by atoms with E-state index < -0.39 is 0 Å². The van der Waals surface area contributed by atoms with Gasteiger partial charge in [0, 0.05) is 37.6 Å². The Morgan fingerprint density at radius 2 is 2.09 bits per heavy atom. The van der Waals surface area contributed by atoms with Gasteiger partial charge < -0.3 is 5.32 Å². The molecule has 1 saturated heterocycles. The molecule has 0 spiro atoms. The van der Waals surface area contributed by atoms with Gasteiger partial charge in [0.1, 0.15) is 6.07 Å². The molecule has 5 heteroatoms. The lowest BCUT2D eigenvalue weighted by Crippen LogP contribution is -2.38. The van der Waals surface area contributed by atoms with Crippen LogP contribution in [0.1, 0.15) is 24.1 Å². The van der Waals surface area contributed by atoms with Crippen LogP contribution in [0, 0.1) is 11.3 Å². The van der Waals surface area contributed by atoms with Gasteiger partial charge in [-0.1, -0.05) is 17.7 Å². The van der Waals surface area contributed by atoms with E-state index in [2.05, 4.69) is 27.3 Å². The van der Waals surface area contributed by atoms with Crippen LogP contribution < -0.4 is 5.32 Å². The Hall–Kier alpha value is -2.09. The van der Waals surface area contributed by atoms with E-state index >= 15 is 0 Å². The van der Waals surface area contributed by atoms with Crippen molar-refractivity contribution >= 4 is 17.3 Å². The zero-order valence-corrected chi connectivity index (χ0v) is 13.6. The standard InChI is InChI=1S/C18H19ClN4/c19-18-11-16(5-4-14(18)12-20)22-15-6-9-23(10-7-15)13-17-3-1-2-8-21-17/h1-5,8,11,15,22H,6-7,9-10,13H2. The first-order chi connectivity index (χ1) is 11.2. The molecule has 0 bridgehead atoms. The lowest BCUT2D eigenvalue weighted by Gasteiger charge is -2.32. The lowest BCUT2D eigenvalue weighted by atomic mass is 10.0. The quantitative estimate of drug-likeness (QED) is 0.931. The summed E-state index contributed by atoms with van der Waals surface area (Å²) < 4.78 is 0. The van der Waals surface area contributed by atoms with E-state index in [1.807, 2.05) is 30.5 Å². The Balaban J connectivity index is 1.51. The molecular formula is C18H19ClN4. The smallest absolute Gasteiger partial charge is 0.101 e. The van der Waals surface area contributed by atoms with E-state index in [9.17, 15) is 0 Å². The highest BCUT2D eigenvalue weighted by molar-refractivity contribution is 6.32. The summed E-state index contributed by atoms with van der Waals surface area (Å²) >= 11 is 6.08. The van der Waals surface area contributed by atoms with Crippen molar-refractivity contribution in [2.24, 2.45) is 0 Å². The summed E-state index contributed by atoms with van der Waals surface area (Å²) in [7, 11) is 0. The van der Waals surface area contributed by atoms with Crippen LogP contribution in [-0.2, 0) is 6.54 Å². The van der Waals surface area contributed by atoms with Crippen molar-refractivity contribution in [1.29, 1.82) is 5.26 Å². The summed E-state index contributed by atoms with van der Waals surface area (Å²) in [5.74, 6) is 0. The summed E-state index contributed by atoms with van der Waals surface area (Å²) in [5.41, 5.74) is 2.62. The molecule has 3 rings (SSSR count). The number of halogens is 1. The van der Waals surface area contributed by atoms with Gasteiger partial charge in [-0.2, -0.15) is 5.26 Å². The van der Waals surface area contributed by atoms with Crippen molar-refractivity contribution in [2.75, 3.05) is 18.4 Å². The number of anilines is 1. The minimum absolute atomic E-state index is 0.444. The molecule has 1 aliphatic heterocycles. The van der Waals surface area contributed by atoms with Gasteiger partial charge in [-0.3, -0.25) is 9.88 Å². The van der Waals surface area contributed by atoms with Gasteiger partial charge in [-0.15, -0.1) is 0 Å². The number of hydrogen-bond acceptors (Lipinski definition) is 4. The number of piperidine rings is 1. The molecule has 23 heavy (non-hydrogen) atoms. The van der Waals surface area contributed by atoms with E-state index in [-0.39, 0.29) is 0 Å². The van der Waals surface area contributed by atoms with Gasteiger partial charge in [0.25, 0.3) is 0 Å². The normalized spacial score (nSPS) is 16.0. The highest BCUT2D eigenvalue weighted by atomic mass is 35.5. The first-order valence-corrected chi connectivity index (χ1v) is 8.21. The minimum Gasteiger partial charge on any atom is -0.382 e. The number of hydrogen-bond donors (Lipinski definition) is 1. The second-order valence-corrected chi connectivity index (χ2v) is 6.23. The maximum atomic E-state index is 8.92. The average Bonchev–Trinajstić information content (AvgIpc) is 2.58. The van der Waals surface area contributed by atoms with Crippen LogP contribution >= 0.6 is 11.6 Å². The number of nitrogens with zero attached hydrogens (tertiary/aromatic N) is 3. The van der Waals surface area contributed by atoms with Crippen LogP contribution in [0.15, 0.2) is 42.6 Å². The molecule has 0 atom stereocenters. The van der Waals surface area contributed by atoms with Gasteiger partial charge >= 0.3 is 0 Å². The van der Waals surface area contributed by atoms with Crippen molar-refractivity contribution in [2.45, 2.75) is 25.4 Å². The predicted molar refractivity (Wildman–Crippen MR) is 92.3 cm³/mol. The molecule has 118 valence electrons. The molecule has 0 radical (unpaired) electrons. The molecule has 1 aromatic heterocycles.